The average molecular weight is 260 g/mol. The molecule has 3 heteroatoms. The van der Waals surface area contributed by atoms with E-state index in [9.17, 15) is 4.79 Å². The summed E-state index contributed by atoms with van der Waals surface area (Å²) >= 11 is 0. The summed E-state index contributed by atoms with van der Waals surface area (Å²) in [6.07, 6.45) is 1.99. The van der Waals surface area contributed by atoms with Crippen molar-refractivity contribution in [2.24, 2.45) is 5.92 Å². The van der Waals surface area contributed by atoms with Crippen molar-refractivity contribution in [2.45, 2.75) is 25.9 Å². The van der Waals surface area contributed by atoms with Crippen molar-refractivity contribution in [2.75, 3.05) is 13.7 Å². The van der Waals surface area contributed by atoms with Gasteiger partial charge in [-0.15, -0.1) is 0 Å². The van der Waals surface area contributed by atoms with Crippen LogP contribution in [0.25, 0.3) is 0 Å². The Morgan fingerprint density at radius 1 is 1.26 bits per heavy atom. The van der Waals surface area contributed by atoms with Gasteiger partial charge >= 0.3 is 5.97 Å². The van der Waals surface area contributed by atoms with Crippen LogP contribution in [0, 0.1) is 5.92 Å². The summed E-state index contributed by atoms with van der Waals surface area (Å²) in [6, 6.07) is 10.1. The molecule has 0 saturated carbocycles. The zero-order valence-electron chi connectivity index (χ0n) is 11.6. The van der Waals surface area contributed by atoms with Crippen LogP contribution in [-0.2, 0) is 14.3 Å². The van der Waals surface area contributed by atoms with E-state index in [4.69, 9.17) is 9.47 Å². The zero-order chi connectivity index (χ0) is 13.8. The Bertz CT molecular complexity index is 464. The van der Waals surface area contributed by atoms with E-state index in [1.807, 2.05) is 38.1 Å². The summed E-state index contributed by atoms with van der Waals surface area (Å²) in [7, 11) is 1.42. The zero-order valence-corrected chi connectivity index (χ0v) is 11.6. The molecule has 0 saturated heterocycles. The normalized spacial score (nSPS) is 26.1. The van der Waals surface area contributed by atoms with E-state index in [0.29, 0.717) is 6.61 Å². The van der Waals surface area contributed by atoms with Gasteiger partial charge in [-0.05, 0) is 12.5 Å². The minimum absolute atomic E-state index is 0.00139. The fraction of sp³-hybridized carbons (Fsp3) is 0.438. The van der Waals surface area contributed by atoms with E-state index in [2.05, 4.69) is 12.1 Å². The summed E-state index contributed by atoms with van der Waals surface area (Å²) in [6.45, 7) is 4.64. The van der Waals surface area contributed by atoms with Gasteiger partial charge in [0.15, 0.2) is 0 Å². The molecule has 0 aromatic heterocycles. The molecule has 0 fully saturated rings. The first-order valence-electron chi connectivity index (χ1n) is 6.65. The van der Waals surface area contributed by atoms with Crippen LogP contribution in [0.5, 0.6) is 0 Å². The topological polar surface area (TPSA) is 35.5 Å². The number of carbonyl (C=O) groups is 1. The van der Waals surface area contributed by atoms with E-state index >= 15 is 0 Å². The van der Waals surface area contributed by atoms with Gasteiger partial charge in [-0.1, -0.05) is 43.3 Å². The SMILES string of the molecule is CCO[C@@H]1[C@@H](c2ccccc2)C=C(C(=O)OC)[C@@H]1C. The quantitative estimate of drug-likeness (QED) is 0.781. The number of hydrogen-bond donors (Lipinski definition) is 0. The molecule has 0 unspecified atom stereocenters. The van der Waals surface area contributed by atoms with Gasteiger partial charge < -0.3 is 9.47 Å². The third-order valence-electron chi connectivity index (χ3n) is 3.66. The molecule has 0 amide bonds. The van der Waals surface area contributed by atoms with Gasteiger partial charge in [-0.2, -0.15) is 0 Å². The molecular formula is C16H20O3. The molecule has 0 heterocycles. The Morgan fingerprint density at radius 2 is 1.95 bits per heavy atom. The molecular weight excluding hydrogens is 240 g/mol. The molecule has 1 aromatic rings. The number of rotatable bonds is 4. The second kappa shape index (κ2) is 6.02. The molecule has 0 aliphatic heterocycles. The minimum Gasteiger partial charge on any atom is -0.466 e. The summed E-state index contributed by atoms with van der Waals surface area (Å²) < 4.78 is 10.7. The summed E-state index contributed by atoms with van der Waals surface area (Å²) in [5.74, 6) is -0.0847. The second-order valence-electron chi connectivity index (χ2n) is 4.76. The fourth-order valence-electron chi connectivity index (χ4n) is 2.70. The van der Waals surface area contributed by atoms with Crippen molar-refractivity contribution >= 4 is 5.97 Å². The van der Waals surface area contributed by atoms with Gasteiger partial charge in [0, 0.05) is 24.0 Å². The average Bonchev–Trinajstić information content (AvgIpc) is 2.77. The molecule has 1 aromatic carbocycles. The Morgan fingerprint density at radius 3 is 2.53 bits per heavy atom. The van der Waals surface area contributed by atoms with Crippen LogP contribution in [0.1, 0.15) is 25.3 Å². The first-order valence-corrected chi connectivity index (χ1v) is 6.65. The Labute approximate surface area is 114 Å². The highest BCUT2D eigenvalue weighted by atomic mass is 16.5. The van der Waals surface area contributed by atoms with E-state index in [1.54, 1.807) is 0 Å². The van der Waals surface area contributed by atoms with Gasteiger partial charge in [0.25, 0.3) is 0 Å². The highest BCUT2D eigenvalue weighted by molar-refractivity contribution is 5.90. The van der Waals surface area contributed by atoms with E-state index in [-0.39, 0.29) is 23.9 Å². The smallest absolute Gasteiger partial charge is 0.333 e. The lowest BCUT2D eigenvalue weighted by Crippen LogP contribution is -2.25. The van der Waals surface area contributed by atoms with Gasteiger partial charge in [0.1, 0.15) is 0 Å². The third kappa shape index (κ3) is 2.71. The van der Waals surface area contributed by atoms with Crippen LogP contribution >= 0.6 is 0 Å². The highest BCUT2D eigenvalue weighted by Gasteiger charge is 2.38. The molecule has 0 N–H and O–H groups in total. The van der Waals surface area contributed by atoms with Crippen LogP contribution < -0.4 is 0 Å². The van der Waals surface area contributed by atoms with Crippen molar-refractivity contribution < 1.29 is 14.3 Å². The lowest BCUT2D eigenvalue weighted by Gasteiger charge is -2.24. The van der Waals surface area contributed by atoms with Gasteiger partial charge in [0.05, 0.1) is 13.2 Å². The van der Waals surface area contributed by atoms with Crippen molar-refractivity contribution in [3.63, 3.8) is 0 Å². The number of methoxy groups -OCH3 is 1. The Balaban J connectivity index is 2.33. The second-order valence-corrected chi connectivity index (χ2v) is 4.76. The third-order valence-corrected chi connectivity index (χ3v) is 3.66. The Hall–Kier alpha value is -1.61. The standard InChI is InChI=1S/C16H20O3/c1-4-19-15-11(2)13(16(17)18-3)10-14(15)12-8-6-5-7-9-12/h5-11,14-15H,4H2,1-3H3/t11-,14+,15-/m0/s1. The van der Waals surface area contributed by atoms with Crippen LogP contribution in [0.15, 0.2) is 42.0 Å². The summed E-state index contributed by atoms with van der Waals surface area (Å²) in [5, 5.41) is 0. The fourth-order valence-corrected chi connectivity index (χ4v) is 2.70. The van der Waals surface area contributed by atoms with Gasteiger partial charge in [-0.25, -0.2) is 4.79 Å². The summed E-state index contributed by atoms with van der Waals surface area (Å²) in [4.78, 5) is 11.8. The van der Waals surface area contributed by atoms with Gasteiger partial charge in [0.2, 0.25) is 0 Å². The molecule has 3 nitrogen and oxygen atoms in total. The predicted molar refractivity (Wildman–Crippen MR) is 73.9 cm³/mol. The number of carbonyl (C=O) groups excluding carboxylic acids is 1. The number of hydrogen-bond acceptors (Lipinski definition) is 3. The predicted octanol–water partition coefficient (Wildman–Crippen LogP) is 2.92. The first-order chi connectivity index (χ1) is 9.19. The summed E-state index contributed by atoms with van der Waals surface area (Å²) in [5.41, 5.74) is 1.89. The Kier molecular flexibility index (Phi) is 4.38. The van der Waals surface area contributed by atoms with Crippen LogP contribution in [0.4, 0.5) is 0 Å². The molecule has 0 spiro atoms. The number of esters is 1. The molecule has 2 rings (SSSR count). The van der Waals surface area contributed by atoms with E-state index < -0.39 is 0 Å². The molecule has 1 aliphatic carbocycles. The van der Waals surface area contributed by atoms with E-state index in [1.165, 1.54) is 12.7 Å². The van der Waals surface area contributed by atoms with Crippen LogP contribution in [0.2, 0.25) is 0 Å². The number of ether oxygens (including phenoxy) is 2. The molecule has 3 atom stereocenters. The molecule has 19 heavy (non-hydrogen) atoms. The van der Waals surface area contributed by atoms with Gasteiger partial charge in [-0.3, -0.25) is 0 Å². The van der Waals surface area contributed by atoms with E-state index in [0.717, 1.165) is 5.57 Å². The largest absolute Gasteiger partial charge is 0.466 e. The molecule has 102 valence electrons. The lowest BCUT2D eigenvalue weighted by atomic mass is 9.92. The maximum Gasteiger partial charge on any atom is 0.333 e. The molecule has 0 bridgehead atoms. The molecule has 1 aliphatic rings. The number of benzene rings is 1. The van der Waals surface area contributed by atoms with Crippen molar-refractivity contribution in [3.05, 3.63) is 47.5 Å². The van der Waals surface area contributed by atoms with Crippen LogP contribution in [0.3, 0.4) is 0 Å². The highest BCUT2D eigenvalue weighted by Crippen LogP contribution is 2.39. The maximum absolute atomic E-state index is 11.8. The maximum atomic E-state index is 11.8. The first kappa shape index (κ1) is 13.8. The van der Waals surface area contributed by atoms with Crippen molar-refractivity contribution in [3.8, 4) is 0 Å². The monoisotopic (exact) mass is 260 g/mol. The molecule has 0 radical (unpaired) electrons. The minimum atomic E-state index is -0.254. The van der Waals surface area contributed by atoms with Crippen molar-refractivity contribution in [1.82, 2.24) is 0 Å². The van der Waals surface area contributed by atoms with Crippen LogP contribution in [-0.4, -0.2) is 25.8 Å². The lowest BCUT2D eigenvalue weighted by molar-refractivity contribution is -0.137. The van der Waals surface area contributed by atoms with Crippen molar-refractivity contribution in [1.29, 1.82) is 0 Å².